The zero-order valence-corrected chi connectivity index (χ0v) is 15.7. The summed E-state index contributed by atoms with van der Waals surface area (Å²) in [4.78, 5) is 12.4. The Morgan fingerprint density at radius 3 is 2.46 bits per heavy atom. The number of rotatable bonds is 3. The molecule has 3 rings (SSSR count). The molecule has 0 aliphatic heterocycles. The van der Waals surface area contributed by atoms with E-state index < -0.39 is 0 Å². The lowest BCUT2D eigenvalue weighted by atomic mass is 9.85. The Morgan fingerprint density at radius 2 is 1.69 bits per heavy atom. The molecule has 0 unspecified atom stereocenters. The van der Waals surface area contributed by atoms with E-state index in [9.17, 15) is 4.79 Å². The van der Waals surface area contributed by atoms with Gasteiger partial charge in [0.15, 0.2) is 0 Å². The van der Waals surface area contributed by atoms with E-state index in [1.165, 1.54) is 6.08 Å². The third kappa shape index (κ3) is 4.02. The Balaban J connectivity index is 1.84. The summed E-state index contributed by atoms with van der Waals surface area (Å²) in [6, 6.07) is 20.1. The van der Waals surface area contributed by atoms with Crippen molar-refractivity contribution in [3.8, 4) is 5.75 Å². The molecule has 0 heterocycles. The summed E-state index contributed by atoms with van der Waals surface area (Å²) in [6.07, 6.45) is 3.31. The molecule has 2 heteroatoms. The fourth-order valence-electron chi connectivity index (χ4n) is 3.01. The summed E-state index contributed by atoms with van der Waals surface area (Å²) >= 11 is 0. The van der Waals surface area contributed by atoms with Gasteiger partial charge < -0.3 is 4.74 Å². The van der Waals surface area contributed by atoms with Gasteiger partial charge in [0, 0.05) is 11.6 Å². The molecule has 26 heavy (non-hydrogen) atoms. The van der Waals surface area contributed by atoms with Crippen molar-refractivity contribution in [3.63, 3.8) is 0 Å². The van der Waals surface area contributed by atoms with Crippen LogP contribution >= 0.6 is 0 Å². The molecule has 0 aliphatic carbocycles. The maximum absolute atomic E-state index is 12.4. The standard InChI is InChI=1S/C24H24O2/c1-17-12-14-22(21(16-17)24(2,3)4)26-23(25)15-13-19-10-7-9-18-8-5-6-11-20(18)19/h5-16H,1-4H3. The summed E-state index contributed by atoms with van der Waals surface area (Å²) in [7, 11) is 0. The summed E-state index contributed by atoms with van der Waals surface area (Å²) in [5.74, 6) is 0.253. The van der Waals surface area contributed by atoms with Crippen molar-refractivity contribution in [2.75, 3.05) is 0 Å². The highest BCUT2D eigenvalue weighted by atomic mass is 16.5. The number of ether oxygens (including phenoxy) is 1. The molecule has 0 spiro atoms. The van der Waals surface area contributed by atoms with Crippen LogP contribution in [0.2, 0.25) is 0 Å². The number of carbonyl (C=O) groups excluding carboxylic acids is 1. The van der Waals surface area contributed by atoms with Gasteiger partial charge in [0.2, 0.25) is 0 Å². The van der Waals surface area contributed by atoms with Crippen molar-refractivity contribution in [1.82, 2.24) is 0 Å². The second-order valence-electron chi connectivity index (χ2n) is 7.57. The first-order chi connectivity index (χ1) is 12.3. The quantitative estimate of drug-likeness (QED) is 0.328. The molecule has 0 amide bonds. The van der Waals surface area contributed by atoms with E-state index in [2.05, 4.69) is 45.0 Å². The number of carbonyl (C=O) groups is 1. The van der Waals surface area contributed by atoms with Crippen molar-refractivity contribution < 1.29 is 9.53 Å². The Kier molecular flexibility index (Phi) is 4.94. The first kappa shape index (κ1) is 17.9. The van der Waals surface area contributed by atoms with E-state index in [1.54, 1.807) is 0 Å². The number of aryl methyl sites for hydroxylation is 1. The third-order valence-electron chi connectivity index (χ3n) is 4.38. The molecule has 2 nitrogen and oxygen atoms in total. The highest BCUT2D eigenvalue weighted by Crippen LogP contribution is 2.32. The number of hydrogen-bond acceptors (Lipinski definition) is 2. The average molecular weight is 344 g/mol. The highest BCUT2D eigenvalue weighted by Gasteiger charge is 2.20. The molecular formula is C24H24O2. The second kappa shape index (κ2) is 7.17. The molecule has 0 atom stereocenters. The number of benzene rings is 3. The summed E-state index contributed by atoms with van der Waals surface area (Å²) < 4.78 is 5.64. The van der Waals surface area contributed by atoms with Crippen LogP contribution in [0.5, 0.6) is 5.75 Å². The molecule has 3 aromatic carbocycles. The minimum atomic E-state index is -0.368. The Morgan fingerprint density at radius 1 is 0.962 bits per heavy atom. The SMILES string of the molecule is Cc1ccc(OC(=O)C=Cc2cccc3ccccc23)c(C(C)(C)C)c1. The number of hydrogen-bond donors (Lipinski definition) is 0. The summed E-state index contributed by atoms with van der Waals surface area (Å²) in [5.41, 5.74) is 3.09. The molecule has 0 fully saturated rings. The molecule has 3 aromatic rings. The molecule has 0 saturated carbocycles. The average Bonchev–Trinajstić information content (AvgIpc) is 2.60. The van der Waals surface area contributed by atoms with E-state index in [4.69, 9.17) is 4.74 Å². The van der Waals surface area contributed by atoms with Gasteiger partial charge in [-0.15, -0.1) is 0 Å². The fourth-order valence-corrected chi connectivity index (χ4v) is 3.01. The summed E-state index contributed by atoms with van der Waals surface area (Å²) in [5, 5.41) is 2.27. The Hall–Kier alpha value is -2.87. The van der Waals surface area contributed by atoms with E-state index >= 15 is 0 Å². The number of fused-ring (bicyclic) bond motifs is 1. The monoisotopic (exact) mass is 344 g/mol. The zero-order valence-electron chi connectivity index (χ0n) is 15.7. The van der Waals surface area contributed by atoms with E-state index in [1.807, 2.05) is 49.4 Å². The van der Waals surface area contributed by atoms with Gasteiger partial charge in [-0.1, -0.05) is 80.9 Å². The van der Waals surface area contributed by atoms with Gasteiger partial charge in [-0.3, -0.25) is 0 Å². The van der Waals surface area contributed by atoms with Gasteiger partial charge in [-0.05, 0) is 40.8 Å². The molecule has 132 valence electrons. The number of esters is 1. The molecule has 0 aromatic heterocycles. The highest BCUT2D eigenvalue weighted by molar-refractivity contribution is 5.95. The normalized spacial score (nSPS) is 11.8. The van der Waals surface area contributed by atoms with Crippen molar-refractivity contribution in [2.24, 2.45) is 0 Å². The van der Waals surface area contributed by atoms with Gasteiger partial charge >= 0.3 is 5.97 Å². The van der Waals surface area contributed by atoms with Crippen LogP contribution in [0.3, 0.4) is 0 Å². The van der Waals surface area contributed by atoms with Crippen LogP contribution in [0.4, 0.5) is 0 Å². The largest absolute Gasteiger partial charge is 0.423 e. The van der Waals surface area contributed by atoms with Gasteiger partial charge in [0.1, 0.15) is 5.75 Å². The van der Waals surface area contributed by atoms with Crippen LogP contribution in [-0.4, -0.2) is 5.97 Å². The van der Waals surface area contributed by atoms with Crippen LogP contribution in [0.15, 0.2) is 66.7 Å². The zero-order chi connectivity index (χ0) is 18.7. The maximum Gasteiger partial charge on any atom is 0.336 e. The Labute approximate surface area is 155 Å². The third-order valence-corrected chi connectivity index (χ3v) is 4.38. The van der Waals surface area contributed by atoms with Crippen LogP contribution < -0.4 is 4.74 Å². The van der Waals surface area contributed by atoms with Gasteiger partial charge in [-0.2, -0.15) is 0 Å². The Bertz CT molecular complexity index is 970. The smallest absolute Gasteiger partial charge is 0.336 e. The predicted molar refractivity (Wildman–Crippen MR) is 108 cm³/mol. The van der Waals surface area contributed by atoms with E-state index in [0.717, 1.165) is 27.5 Å². The maximum atomic E-state index is 12.4. The van der Waals surface area contributed by atoms with E-state index in [0.29, 0.717) is 5.75 Å². The predicted octanol–water partition coefficient (Wildman–Crippen LogP) is 6.06. The van der Waals surface area contributed by atoms with Crippen molar-refractivity contribution in [3.05, 3.63) is 83.4 Å². The second-order valence-corrected chi connectivity index (χ2v) is 7.57. The van der Waals surface area contributed by atoms with Gasteiger partial charge in [0.25, 0.3) is 0 Å². The summed E-state index contributed by atoms with van der Waals surface area (Å²) in [6.45, 7) is 8.39. The fraction of sp³-hybridized carbons (Fsp3) is 0.208. The minimum absolute atomic E-state index is 0.0963. The molecular weight excluding hydrogens is 320 g/mol. The van der Waals surface area contributed by atoms with Crippen LogP contribution in [0, 0.1) is 6.92 Å². The van der Waals surface area contributed by atoms with Crippen molar-refractivity contribution >= 4 is 22.8 Å². The molecule has 0 saturated heterocycles. The first-order valence-electron chi connectivity index (χ1n) is 8.83. The van der Waals surface area contributed by atoms with Crippen LogP contribution in [-0.2, 0) is 10.2 Å². The van der Waals surface area contributed by atoms with Gasteiger partial charge in [0.05, 0.1) is 0 Å². The molecule has 0 bridgehead atoms. The lowest BCUT2D eigenvalue weighted by Gasteiger charge is -2.22. The molecule has 0 N–H and O–H groups in total. The lowest BCUT2D eigenvalue weighted by Crippen LogP contribution is -2.15. The molecule has 0 radical (unpaired) electrons. The molecule has 0 aliphatic rings. The lowest BCUT2D eigenvalue weighted by molar-refractivity contribution is -0.128. The van der Waals surface area contributed by atoms with E-state index in [-0.39, 0.29) is 11.4 Å². The van der Waals surface area contributed by atoms with Crippen molar-refractivity contribution in [1.29, 1.82) is 0 Å². The first-order valence-corrected chi connectivity index (χ1v) is 8.83. The van der Waals surface area contributed by atoms with Crippen LogP contribution in [0.25, 0.3) is 16.8 Å². The van der Waals surface area contributed by atoms with Gasteiger partial charge in [-0.25, -0.2) is 4.79 Å². The topological polar surface area (TPSA) is 26.3 Å². The van der Waals surface area contributed by atoms with Crippen molar-refractivity contribution in [2.45, 2.75) is 33.1 Å². The minimum Gasteiger partial charge on any atom is -0.423 e. The van der Waals surface area contributed by atoms with Crippen LogP contribution in [0.1, 0.15) is 37.5 Å².